The second-order valence-corrected chi connectivity index (χ2v) is 14.2. The third kappa shape index (κ3) is 9.12. The van der Waals surface area contributed by atoms with Gasteiger partial charge in [-0.15, -0.1) is 0 Å². The van der Waals surface area contributed by atoms with Crippen molar-refractivity contribution in [1.29, 1.82) is 0 Å². The SMILES string of the molecule is CCCN=C(CC(CS(=O)(=O)c1ccc(C)cc1)=NCC(=O)c1ccccc1C(C)=O)CS(=O)(=O)c1ccc(C)cc1. The van der Waals surface area contributed by atoms with Crippen LogP contribution in [0.5, 0.6) is 0 Å². The Balaban J connectivity index is 1.99. The Morgan fingerprint density at radius 2 is 1.12 bits per heavy atom. The number of sulfone groups is 2. The summed E-state index contributed by atoms with van der Waals surface area (Å²) in [4.78, 5) is 34.3. The first-order valence-corrected chi connectivity index (χ1v) is 16.9. The van der Waals surface area contributed by atoms with Crippen LogP contribution in [-0.2, 0) is 19.7 Å². The van der Waals surface area contributed by atoms with E-state index in [-0.39, 0.29) is 44.5 Å². The van der Waals surface area contributed by atoms with Crippen LogP contribution in [0.2, 0.25) is 0 Å². The zero-order valence-electron chi connectivity index (χ0n) is 24.3. The monoisotopic (exact) mass is 608 g/mol. The zero-order chi connectivity index (χ0) is 30.9. The number of rotatable bonds is 14. The van der Waals surface area contributed by atoms with E-state index in [4.69, 9.17) is 0 Å². The highest BCUT2D eigenvalue weighted by atomic mass is 32.2. The summed E-state index contributed by atoms with van der Waals surface area (Å²) in [6, 6.07) is 19.2. The van der Waals surface area contributed by atoms with Gasteiger partial charge >= 0.3 is 0 Å². The molecule has 0 spiro atoms. The number of benzene rings is 3. The first-order chi connectivity index (χ1) is 19.8. The van der Waals surface area contributed by atoms with Crippen molar-refractivity contribution in [3.05, 3.63) is 95.1 Å². The molecule has 0 heterocycles. The van der Waals surface area contributed by atoms with E-state index < -0.39 is 43.5 Å². The number of hydrogen-bond acceptors (Lipinski definition) is 8. The first-order valence-electron chi connectivity index (χ1n) is 13.6. The van der Waals surface area contributed by atoms with Crippen LogP contribution < -0.4 is 0 Å². The summed E-state index contributed by atoms with van der Waals surface area (Å²) in [5.74, 6) is -1.67. The molecule has 3 aromatic rings. The van der Waals surface area contributed by atoms with E-state index in [1.807, 2.05) is 20.8 Å². The smallest absolute Gasteiger partial charge is 0.184 e. The van der Waals surface area contributed by atoms with Gasteiger partial charge in [0.15, 0.2) is 31.2 Å². The van der Waals surface area contributed by atoms with Crippen molar-refractivity contribution in [2.45, 2.75) is 50.3 Å². The lowest BCUT2D eigenvalue weighted by Gasteiger charge is -2.13. The Morgan fingerprint density at radius 1 is 0.667 bits per heavy atom. The fraction of sp³-hybridized carbons (Fsp3) is 0.312. The predicted molar refractivity (Wildman–Crippen MR) is 167 cm³/mol. The molecular weight excluding hydrogens is 572 g/mol. The van der Waals surface area contributed by atoms with Gasteiger partial charge in [-0.3, -0.25) is 19.6 Å². The predicted octanol–water partition coefficient (Wildman–Crippen LogP) is 5.32. The Morgan fingerprint density at radius 3 is 1.57 bits per heavy atom. The maximum atomic E-state index is 13.4. The molecule has 0 bridgehead atoms. The van der Waals surface area contributed by atoms with Gasteiger partial charge in [0, 0.05) is 35.5 Å². The third-order valence-corrected chi connectivity index (χ3v) is 9.90. The lowest BCUT2D eigenvalue weighted by Crippen LogP contribution is -2.25. The Kier molecular flexibility index (Phi) is 11.2. The molecule has 3 aromatic carbocycles. The molecule has 0 fully saturated rings. The second kappa shape index (κ2) is 14.4. The van der Waals surface area contributed by atoms with Gasteiger partial charge in [-0.1, -0.05) is 66.6 Å². The number of ketones is 2. The molecule has 10 heteroatoms. The highest BCUT2D eigenvalue weighted by molar-refractivity contribution is 7.92. The summed E-state index contributed by atoms with van der Waals surface area (Å²) in [5, 5.41) is 0. The normalized spacial score (nSPS) is 12.8. The lowest BCUT2D eigenvalue weighted by atomic mass is 10.0. The highest BCUT2D eigenvalue weighted by Gasteiger charge is 2.24. The van der Waals surface area contributed by atoms with Crippen LogP contribution in [0.25, 0.3) is 0 Å². The maximum absolute atomic E-state index is 13.4. The molecule has 0 aliphatic heterocycles. The van der Waals surface area contributed by atoms with Crippen LogP contribution in [-0.4, -0.2) is 64.4 Å². The van der Waals surface area contributed by atoms with Gasteiger partial charge in [0.1, 0.15) is 6.54 Å². The summed E-state index contributed by atoms with van der Waals surface area (Å²) in [5.41, 5.74) is 2.62. The molecule has 0 saturated heterocycles. The number of carbonyl (C=O) groups excluding carboxylic acids is 2. The van der Waals surface area contributed by atoms with Gasteiger partial charge in [0.2, 0.25) is 0 Å². The van der Waals surface area contributed by atoms with Crippen LogP contribution in [0, 0.1) is 13.8 Å². The van der Waals surface area contributed by atoms with Gasteiger partial charge < -0.3 is 0 Å². The molecule has 0 N–H and O–H groups in total. The molecule has 0 aliphatic rings. The molecule has 222 valence electrons. The maximum Gasteiger partial charge on any atom is 0.184 e. The second-order valence-electron chi connectivity index (χ2n) is 10.2. The molecular formula is C32H36N2O6S2. The topological polar surface area (TPSA) is 127 Å². The van der Waals surface area contributed by atoms with Gasteiger partial charge in [0.05, 0.1) is 21.3 Å². The Labute approximate surface area is 248 Å². The van der Waals surface area contributed by atoms with E-state index in [9.17, 15) is 26.4 Å². The van der Waals surface area contributed by atoms with E-state index in [0.29, 0.717) is 13.0 Å². The van der Waals surface area contributed by atoms with Crippen LogP contribution in [0.1, 0.15) is 58.5 Å². The van der Waals surface area contributed by atoms with Crippen molar-refractivity contribution in [2.24, 2.45) is 9.98 Å². The van der Waals surface area contributed by atoms with Crippen LogP contribution in [0.15, 0.2) is 92.6 Å². The van der Waals surface area contributed by atoms with Gasteiger partial charge in [-0.2, -0.15) is 0 Å². The number of aliphatic imine (C=N–C) groups is 2. The molecule has 0 saturated carbocycles. The summed E-state index contributed by atoms with van der Waals surface area (Å²) in [7, 11) is -7.66. The molecule has 0 radical (unpaired) electrons. The van der Waals surface area contributed by atoms with Gasteiger partial charge in [0.25, 0.3) is 0 Å². The number of hydrogen-bond donors (Lipinski definition) is 0. The third-order valence-electron chi connectivity index (χ3n) is 6.49. The largest absolute Gasteiger partial charge is 0.294 e. The summed E-state index contributed by atoms with van der Waals surface area (Å²) in [6.45, 7) is 6.91. The molecule has 0 aromatic heterocycles. The molecule has 42 heavy (non-hydrogen) atoms. The average molecular weight is 609 g/mol. The highest BCUT2D eigenvalue weighted by Crippen LogP contribution is 2.17. The molecule has 0 unspecified atom stereocenters. The molecule has 0 amide bonds. The minimum absolute atomic E-state index is 0.0911. The van der Waals surface area contributed by atoms with Crippen LogP contribution in [0.3, 0.4) is 0 Å². The van der Waals surface area contributed by atoms with Crippen LogP contribution >= 0.6 is 0 Å². The minimum Gasteiger partial charge on any atom is -0.294 e. The standard InChI is InChI=1S/C32H36N2O6S2/c1-5-18-33-26(21-41(37,38)28-14-10-23(2)11-15-28)19-27(22-42(39,40)29-16-12-24(3)13-17-29)34-20-32(36)31-9-7-6-8-30(31)25(4)35/h6-17H,5,18-22H2,1-4H3. The summed E-state index contributed by atoms with van der Waals surface area (Å²) in [6.07, 6.45) is 0.514. The zero-order valence-corrected chi connectivity index (χ0v) is 26.0. The number of nitrogens with zero attached hydrogens (tertiary/aromatic N) is 2. The molecule has 8 nitrogen and oxygen atoms in total. The fourth-order valence-electron chi connectivity index (χ4n) is 4.21. The number of carbonyl (C=O) groups is 2. The van der Waals surface area contributed by atoms with E-state index in [1.54, 1.807) is 42.5 Å². The minimum atomic E-state index is -3.88. The van der Waals surface area contributed by atoms with Crippen molar-refractivity contribution in [2.75, 3.05) is 24.6 Å². The van der Waals surface area contributed by atoms with Gasteiger partial charge in [-0.25, -0.2) is 16.8 Å². The van der Waals surface area contributed by atoms with Crippen molar-refractivity contribution in [1.82, 2.24) is 0 Å². The first kappa shape index (κ1) is 32.8. The van der Waals surface area contributed by atoms with Crippen molar-refractivity contribution >= 4 is 42.7 Å². The molecule has 0 atom stereocenters. The van der Waals surface area contributed by atoms with E-state index in [2.05, 4.69) is 9.98 Å². The van der Waals surface area contributed by atoms with E-state index in [0.717, 1.165) is 11.1 Å². The quantitative estimate of drug-likeness (QED) is 0.180. The Bertz CT molecular complexity index is 1710. The summed E-state index contributed by atoms with van der Waals surface area (Å²) >= 11 is 0. The van der Waals surface area contributed by atoms with Crippen molar-refractivity contribution in [3.8, 4) is 0 Å². The van der Waals surface area contributed by atoms with E-state index in [1.165, 1.54) is 37.3 Å². The number of aryl methyl sites for hydroxylation is 2. The van der Waals surface area contributed by atoms with Crippen LogP contribution in [0.4, 0.5) is 0 Å². The number of Topliss-reactive ketones (excluding diaryl/α,β-unsaturated/α-hetero) is 2. The molecule has 3 rings (SSSR count). The fourth-order valence-corrected chi connectivity index (χ4v) is 6.91. The van der Waals surface area contributed by atoms with E-state index >= 15 is 0 Å². The lowest BCUT2D eigenvalue weighted by molar-refractivity contribution is 0.0975. The Hall–Kier alpha value is -3.76. The van der Waals surface area contributed by atoms with Gasteiger partial charge in [-0.05, 0) is 51.5 Å². The molecule has 0 aliphatic carbocycles. The van der Waals surface area contributed by atoms with Crippen molar-refractivity contribution in [3.63, 3.8) is 0 Å². The van der Waals surface area contributed by atoms with Crippen molar-refractivity contribution < 1.29 is 26.4 Å². The average Bonchev–Trinajstić information content (AvgIpc) is 2.94. The summed E-state index contributed by atoms with van der Waals surface area (Å²) < 4.78 is 53.3.